The lowest BCUT2D eigenvalue weighted by Crippen LogP contribution is -2.33. The fourth-order valence-corrected chi connectivity index (χ4v) is 3.04. The van der Waals surface area contributed by atoms with Crippen LogP contribution in [0.1, 0.15) is 13.3 Å². The molecule has 2 aromatic rings. The van der Waals surface area contributed by atoms with E-state index in [1.54, 1.807) is 12.0 Å². The van der Waals surface area contributed by atoms with Crippen molar-refractivity contribution in [2.45, 2.75) is 13.3 Å². The maximum absolute atomic E-state index is 12.2. The fraction of sp³-hybridized carbons (Fsp3) is 0.381. The molecule has 0 aliphatic carbocycles. The fourth-order valence-electron chi connectivity index (χ4n) is 3.04. The van der Waals surface area contributed by atoms with Crippen LogP contribution >= 0.6 is 0 Å². The molecule has 1 aliphatic heterocycles. The number of likely N-dealkylation sites (tertiary alicyclic amines) is 1. The van der Waals surface area contributed by atoms with Gasteiger partial charge in [-0.25, -0.2) is 4.79 Å². The zero-order valence-corrected chi connectivity index (χ0v) is 15.5. The lowest BCUT2D eigenvalue weighted by atomic mass is 9.95. The minimum Gasteiger partial charge on any atom is -0.497 e. The van der Waals surface area contributed by atoms with Crippen LogP contribution < -0.4 is 10.1 Å². The molecule has 1 heterocycles. The van der Waals surface area contributed by atoms with Gasteiger partial charge >= 0.3 is 6.03 Å². The number of benzene rings is 2. The smallest absolute Gasteiger partial charge is 0.321 e. The first-order chi connectivity index (χ1) is 12.7. The molecule has 2 aromatic carbocycles. The van der Waals surface area contributed by atoms with E-state index in [2.05, 4.69) is 12.2 Å². The van der Waals surface area contributed by atoms with Crippen LogP contribution in [0.4, 0.5) is 10.5 Å². The summed E-state index contributed by atoms with van der Waals surface area (Å²) >= 11 is 0. The van der Waals surface area contributed by atoms with Crippen LogP contribution in [0, 0.1) is 11.8 Å². The van der Waals surface area contributed by atoms with E-state index < -0.39 is 0 Å². The van der Waals surface area contributed by atoms with Crippen molar-refractivity contribution in [1.82, 2.24) is 4.90 Å². The van der Waals surface area contributed by atoms with Gasteiger partial charge in [0.1, 0.15) is 5.75 Å². The number of aliphatic hydroxyl groups excluding tert-OH is 1. The number of ether oxygens (including phenoxy) is 1. The minimum absolute atomic E-state index is 0.107. The van der Waals surface area contributed by atoms with Crippen LogP contribution in [0.15, 0.2) is 60.7 Å². The third-order valence-corrected chi connectivity index (χ3v) is 4.63. The van der Waals surface area contributed by atoms with Crippen molar-refractivity contribution in [2.24, 2.45) is 11.8 Å². The van der Waals surface area contributed by atoms with Crippen molar-refractivity contribution in [2.75, 3.05) is 32.1 Å². The van der Waals surface area contributed by atoms with Gasteiger partial charge in [-0.3, -0.25) is 0 Å². The molecule has 0 radical (unpaired) electrons. The van der Waals surface area contributed by atoms with Gasteiger partial charge in [0.15, 0.2) is 0 Å². The van der Waals surface area contributed by atoms with Gasteiger partial charge in [-0.05, 0) is 30.2 Å². The number of hydrogen-bond donors (Lipinski definition) is 2. The highest BCUT2D eigenvalue weighted by molar-refractivity contribution is 5.89. The number of carbonyl (C=O) groups is 1. The number of hydrogen-bond acceptors (Lipinski definition) is 3. The topological polar surface area (TPSA) is 61.8 Å². The molecule has 5 heteroatoms. The predicted molar refractivity (Wildman–Crippen MR) is 104 cm³/mol. The second kappa shape index (κ2) is 10.5. The molecule has 0 saturated carbocycles. The van der Waals surface area contributed by atoms with Crippen molar-refractivity contribution < 1.29 is 14.6 Å². The highest BCUT2D eigenvalue weighted by atomic mass is 16.5. The van der Waals surface area contributed by atoms with E-state index in [4.69, 9.17) is 4.74 Å². The van der Waals surface area contributed by atoms with Crippen LogP contribution in [-0.2, 0) is 0 Å². The maximum atomic E-state index is 12.2. The van der Waals surface area contributed by atoms with Gasteiger partial charge in [-0.2, -0.15) is 0 Å². The number of aliphatic hydroxyl groups is 1. The first-order valence-corrected chi connectivity index (χ1v) is 8.98. The molecule has 1 aliphatic rings. The van der Waals surface area contributed by atoms with Crippen molar-refractivity contribution in [3.63, 3.8) is 0 Å². The normalized spacial score (nSPS) is 18.7. The standard InChI is InChI=1S/C15H22N2O3.C6H6/c1-3-11-8-17(9-12(11)10-18)15(19)16-13-4-6-14(20-2)7-5-13;1-2-4-6-5-3-1/h4-7,11-12,18H,3,8-10H2,1-2H3,(H,16,19);1-6H/t11-,12-;/m1./s1. The van der Waals surface area contributed by atoms with E-state index in [1.165, 1.54) is 0 Å². The van der Waals surface area contributed by atoms with Crippen molar-refractivity contribution in [3.8, 4) is 5.75 Å². The highest BCUT2D eigenvalue weighted by Crippen LogP contribution is 2.26. The van der Waals surface area contributed by atoms with Crippen molar-refractivity contribution >= 4 is 11.7 Å². The largest absolute Gasteiger partial charge is 0.497 e. The first kappa shape index (κ1) is 19.8. The van der Waals surface area contributed by atoms with E-state index in [9.17, 15) is 9.90 Å². The lowest BCUT2D eigenvalue weighted by molar-refractivity contribution is 0.197. The Morgan fingerprint density at radius 2 is 1.62 bits per heavy atom. The third kappa shape index (κ3) is 5.77. The second-order valence-corrected chi connectivity index (χ2v) is 6.33. The Morgan fingerprint density at radius 3 is 2.04 bits per heavy atom. The van der Waals surface area contributed by atoms with E-state index in [1.807, 2.05) is 60.7 Å². The molecule has 5 nitrogen and oxygen atoms in total. The van der Waals surface area contributed by atoms with Gasteiger partial charge in [0, 0.05) is 31.3 Å². The second-order valence-electron chi connectivity index (χ2n) is 6.33. The van der Waals surface area contributed by atoms with Crippen molar-refractivity contribution in [3.05, 3.63) is 60.7 Å². The van der Waals surface area contributed by atoms with Crippen LogP contribution in [0.2, 0.25) is 0 Å². The van der Waals surface area contributed by atoms with Crippen LogP contribution in [0.3, 0.4) is 0 Å². The Kier molecular flexibility index (Phi) is 7.96. The number of rotatable bonds is 4. The molecular formula is C21H28N2O3. The third-order valence-electron chi connectivity index (χ3n) is 4.63. The van der Waals surface area contributed by atoms with Gasteiger partial charge in [-0.15, -0.1) is 0 Å². The van der Waals surface area contributed by atoms with E-state index in [0.29, 0.717) is 19.0 Å². The summed E-state index contributed by atoms with van der Waals surface area (Å²) in [6.45, 7) is 3.57. The lowest BCUT2D eigenvalue weighted by Gasteiger charge is -2.17. The SMILES string of the molecule is CC[C@@H]1CN(C(=O)Nc2ccc(OC)cc2)C[C@@H]1CO.c1ccccc1. The number of methoxy groups -OCH3 is 1. The van der Waals surface area contributed by atoms with Gasteiger partial charge in [0.25, 0.3) is 0 Å². The van der Waals surface area contributed by atoms with Gasteiger partial charge < -0.3 is 20.1 Å². The summed E-state index contributed by atoms with van der Waals surface area (Å²) in [6, 6.07) is 19.1. The Morgan fingerprint density at radius 1 is 1.08 bits per heavy atom. The molecule has 0 bridgehead atoms. The summed E-state index contributed by atoms with van der Waals surface area (Å²) in [5.41, 5.74) is 0.747. The molecule has 1 saturated heterocycles. The number of anilines is 1. The predicted octanol–water partition coefficient (Wildman–Crippen LogP) is 3.86. The highest BCUT2D eigenvalue weighted by Gasteiger charge is 2.33. The van der Waals surface area contributed by atoms with Crippen LogP contribution in [0.25, 0.3) is 0 Å². The van der Waals surface area contributed by atoms with E-state index in [-0.39, 0.29) is 18.6 Å². The molecule has 1 fully saturated rings. The maximum Gasteiger partial charge on any atom is 0.321 e. The number of urea groups is 1. The molecule has 140 valence electrons. The molecule has 2 amide bonds. The van der Waals surface area contributed by atoms with Gasteiger partial charge in [0.2, 0.25) is 0 Å². The summed E-state index contributed by atoms with van der Waals surface area (Å²) in [5, 5.41) is 12.2. The van der Waals surface area contributed by atoms with Gasteiger partial charge in [-0.1, -0.05) is 49.7 Å². The van der Waals surface area contributed by atoms with E-state index in [0.717, 1.165) is 17.9 Å². The monoisotopic (exact) mass is 356 g/mol. The molecular weight excluding hydrogens is 328 g/mol. The van der Waals surface area contributed by atoms with Crippen LogP contribution in [-0.4, -0.2) is 42.8 Å². The average Bonchev–Trinajstić information content (AvgIpc) is 3.14. The molecule has 3 rings (SSSR count). The number of amides is 2. The summed E-state index contributed by atoms with van der Waals surface area (Å²) < 4.78 is 5.08. The summed E-state index contributed by atoms with van der Waals surface area (Å²) in [7, 11) is 1.61. The van der Waals surface area contributed by atoms with Gasteiger partial charge in [0.05, 0.1) is 7.11 Å². The molecule has 26 heavy (non-hydrogen) atoms. The van der Waals surface area contributed by atoms with Crippen molar-refractivity contribution in [1.29, 1.82) is 0 Å². The molecule has 0 aromatic heterocycles. The summed E-state index contributed by atoms with van der Waals surface area (Å²) in [4.78, 5) is 14.0. The summed E-state index contributed by atoms with van der Waals surface area (Å²) in [6.07, 6.45) is 0.984. The summed E-state index contributed by atoms with van der Waals surface area (Å²) in [5.74, 6) is 1.35. The minimum atomic E-state index is -0.107. The number of carbonyl (C=O) groups excluding carboxylic acids is 1. The zero-order valence-electron chi connectivity index (χ0n) is 15.5. The molecule has 0 unspecified atom stereocenters. The average molecular weight is 356 g/mol. The Hall–Kier alpha value is -2.53. The zero-order chi connectivity index (χ0) is 18.8. The first-order valence-electron chi connectivity index (χ1n) is 8.98. The Labute approximate surface area is 155 Å². The molecule has 0 spiro atoms. The van der Waals surface area contributed by atoms with E-state index >= 15 is 0 Å². The Bertz CT molecular complexity index is 607. The quantitative estimate of drug-likeness (QED) is 0.874. The number of nitrogens with zero attached hydrogens (tertiary/aromatic N) is 1. The molecule has 2 N–H and O–H groups in total. The number of nitrogens with one attached hydrogen (secondary N) is 1. The van der Waals surface area contributed by atoms with Crippen LogP contribution in [0.5, 0.6) is 5.75 Å². The Balaban J connectivity index is 0.000000342. The molecule has 2 atom stereocenters.